The van der Waals surface area contributed by atoms with E-state index in [1.165, 1.54) is 12.1 Å². The molecular formula is C28H31FN2O3. The third-order valence-electron chi connectivity index (χ3n) is 5.61. The van der Waals surface area contributed by atoms with Crippen molar-refractivity contribution in [2.75, 3.05) is 13.2 Å². The Kier molecular flexibility index (Phi) is 9.21. The molecule has 1 N–H and O–H groups in total. The molecule has 34 heavy (non-hydrogen) atoms. The second-order valence-electron chi connectivity index (χ2n) is 8.16. The molecular weight excluding hydrogens is 431 g/mol. The van der Waals surface area contributed by atoms with Gasteiger partial charge in [-0.05, 0) is 42.2 Å². The zero-order valence-electron chi connectivity index (χ0n) is 19.7. The highest BCUT2D eigenvalue weighted by Crippen LogP contribution is 2.19. The SMILES string of the molecule is CCCNC(=O)[C@H](Cc1ccccc1)N(Cc1ccccc1C)C(=O)COc1ccccc1F. The van der Waals surface area contributed by atoms with Gasteiger partial charge in [-0.2, -0.15) is 0 Å². The average Bonchev–Trinajstić information content (AvgIpc) is 2.85. The van der Waals surface area contributed by atoms with E-state index in [2.05, 4.69) is 5.32 Å². The summed E-state index contributed by atoms with van der Waals surface area (Å²) in [7, 11) is 0. The number of carbonyl (C=O) groups excluding carboxylic acids is 2. The van der Waals surface area contributed by atoms with Crippen molar-refractivity contribution in [2.24, 2.45) is 0 Å². The first-order valence-corrected chi connectivity index (χ1v) is 11.5. The first-order chi connectivity index (χ1) is 16.5. The van der Waals surface area contributed by atoms with Crippen LogP contribution in [0, 0.1) is 12.7 Å². The van der Waals surface area contributed by atoms with Crippen molar-refractivity contribution in [3.63, 3.8) is 0 Å². The maximum atomic E-state index is 14.0. The van der Waals surface area contributed by atoms with Crippen LogP contribution < -0.4 is 10.1 Å². The molecule has 0 heterocycles. The normalized spacial score (nSPS) is 11.5. The molecule has 0 spiro atoms. The minimum Gasteiger partial charge on any atom is -0.481 e. The number of para-hydroxylation sites is 1. The molecule has 0 aromatic heterocycles. The van der Waals surface area contributed by atoms with Gasteiger partial charge in [0.05, 0.1) is 0 Å². The lowest BCUT2D eigenvalue weighted by molar-refractivity contribution is -0.142. The summed E-state index contributed by atoms with van der Waals surface area (Å²) in [5.41, 5.74) is 2.89. The van der Waals surface area contributed by atoms with Gasteiger partial charge in [0, 0.05) is 19.5 Å². The minimum absolute atomic E-state index is 0.00161. The summed E-state index contributed by atoms with van der Waals surface area (Å²) >= 11 is 0. The molecule has 0 bridgehead atoms. The van der Waals surface area contributed by atoms with Crippen LogP contribution in [-0.2, 0) is 22.6 Å². The van der Waals surface area contributed by atoms with E-state index >= 15 is 0 Å². The first-order valence-electron chi connectivity index (χ1n) is 11.5. The van der Waals surface area contributed by atoms with E-state index in [1.54, 1.807) is 17.0 Å². The molecule has 0 aliphatic heterocycles. The van der Waals surface area contributed by atoms with Crippen molar-refractivity contribution in [3.8, 4) is 5.75 Å². The van der Waals surface area contributed by atoms with E-state index in [0.717, 1.165) is 23.1 Å². The Balaban J connectivity index is 1.91. The number of benzene rings is 3. The Labute approximate surface area is 200 Å². The fourth-order valence-corrected chi connectivity index (χ4v) is 3.68. The Morgan fingerprint density at radius 1 is 0.971 bits per heavy atom. The highest BCUT2D eigenvalue weighted by molar-refractivity contribution is 5.88. The molecule has 2 amide bonds. The topological polar surface area (TPSA) is 58.6 Å². The van der Waals surface area contributed by atoms with Crippen LogP contribution in [0.2, 0.25) is 0 Å². The number of carbonyl (C=O) groups is 2. The van der Waals surface area contributed by atoms with Gasteiger partial charge in [-0.15, -0.1) is 0 Å². The molecule has 0 fully saturated rings. The van der Waals surface area contributed by atoms with Gasteiger partial charge in [0.2, 0.25) is 5.91 Å². The molecule has 0 aliphatic rings. The summed E-state index contributed by atoms with van der Waals surface area (Å²) in [6.07, 6.45) is 1.14. The zero-order valence-corrected chi connectivity index (χ0v) is 19.7. The van der Waals surface area contributed by atoms with Crippen LogP contribution in [0.25, 0.3) is 0 Å². The number of ether oxygens (including phenoxy) is 1. The van der Waals surface area contributed by atoms with Crippen LogP contribution >= 0.6 is 0 Å². The van der Waals surface area contributed by atoms with E-state index in [-0.39, 0.29) is 30.7 Å². The van der Waals surface area contributed by atoms with Gasteiger partial charge in [0.25, 0.3) is 5.91 Å². The second kappa shape index (κ2) is 12.5. The van der Waals surface area contributed by atoms with Crippen molar-refractivity contribution in [3.05, 3.63) is 101 Å². The molecule has 0 radical (unpaired) electrons. The molecule has 6 heteroatoms. The van der Waals surface area contributed by atoms with Crippen LogP contribution in [0.3, 0.4) is 0 Å². The number of hydrogen-bond acceptors (Lipinski definition) is 3. The zero-order chi connectivity index (χ0) is 24.3. The highest BCUT2D eigenvalue weighted by atomic mass is 19.1. The Hall–Kier alpha value is -3.67. The molecule has 0 unspecified atom stereocenters. The molecule has 3 rings (SSSR count). The Morgan fingerprint density at radius 3 is 2.35 bits per heavy atom. The lowest BCUT2D eigenvalue weighted by Crippen LogP contribution is -2.51. The van der Waals surface area contributed by atoms with Gasteiger partial charge < -0.3 is 15.0 Å². The number of nitrogens with zero attached hydrogens (tertiary/aromatic N) is 1. The van der Waals surface area contributed by atoms with E-state index in [1.807, 2.05) is 68.4 Å². The van der Waals surface area contributed by atoms with Crippen molar-refractivity contribution in [2.45, 2.75) is 39.3 Å². The monoisotopic (exact) mass is 462 g/mol. The fraction of sp³-hybridized carbons (Fsp3) is 0.286. The van der Waals surface area contributed by atoms with Crippen molar-refractivity contribution in [1.29, 1.82) is 0 Å². The van der Waals surface area contributed by atoms with Crippen molar-refractivity contribution >= 4 is 11.8 Å². The number of halogens is 1. The third kappa shape index (κ3) is 6.91. The molecule has 0 saturated carbocycles. The standard InChI is InChI=1S/C28H31FN2O3/c1-3-17-30-28(33)25(18-22-12-5-4-6-13-22)31(19-23-14-8-7-11-21(23)2)27(32)20-34-26-16-10-9-15-24(26)29/h4-16,25H,3,17-20H2,1-2H3,(H,30,33)/t25-/m0/s1. The largest absolute Gasteiger partial charge is 0.481 e. The number of rotatable bonds is 11. The molecule has 0 aliphatic carbocycles. The van der Waals surface area contributed by atoms with Crippen LogP contribution in [-0.4, -0.2) is 35.9 Å². The van der Waals surface area contributed by atoms with Crippen LogP contribution in [0.15, 0.2) is 78.9 Å². The maximum absolute atomic E-state index is 14.0. The summed E-state index contributed by atoms with van der Waals surface area (Å²) in [5, 5.41) is 2.94. The second-order valence-corrected chi connectivity index (χ2v) is 8.16. The Bertz CT molecular complexity index is 1090. The van der Waals surface area contributed by atoms with Gasteiger partial charge in [0.15, 0.2) is 18.2 Å². The minimum atomic E-state index is -0.745. The Morgan fingerprint density at radius 2 is 1.65 bits per heavy atom. The quantitative estimate of drug-likeness (QED) is 0.450. The van der Waals surface area contributed by atoms with Crippen LogP contribution in [0.4, 0.5) is 4.39 Å². The van der Waals surface area contributed by atoms with Gasteiger partial charge in [-0.1, -0.05) is 73.7 Å². The van der Waals surface area contributed by atoms with Gasteiger partial charge in [-0.25, -0.2) is 4.39 Å². The molecule has 3 aromatic rings. The van der Waals surface area contributed by atoms with E-state index in [4.69, 9.17) is 4.74 Å². The van der Waals surface area contributed by atoms with Crippen molar-refractivity contribution in [1.82, 2.24) is 10.2 Å². The lowest BCUT2D eigenvalue weighted by Gasteiger charge is -2.32. The maximum Gasteiger partial charge on any atom is 0.261 e. The van der Waals surface area contributed by atoms with Gasteiger partial charge >= 0.3 is 0 Å². The number of nitrogens with one attached hydrogen (secondary N) is 1. The molecule has 1 atom stereocenters. The fourth-order valence-electron chi connectivity index (χ4n) is 3.68. The number of amides is 2. The third-order valence-corrected chi connectivity index (χ3v) is 5.61. The summed E-state index contributed by atoms with van der Waals surface area (Å²) in [6.45, 7) is 4.33. The molecule has 3 aromatic carbocycles. The van der Waals surface area contributed by atoms with Crippen molar-refractivity contribution < 1.29 is 18.7 Å². The van der Waals surface area contributed by atoms with E-state index in [9.17, 15) is 14.0 Å². The van der Waals surface area contributed by atoms with Crippen LogP contribution in [0.5, 0.6) is 5.75 Å². The van der Waals surface area contributed by atoms with E-state index in [0.29, 0.717) is 13.0 Å². The lowest BCUT2D eigenvalue weighted by atomic mass is 10.0. The van der Waals surface area contributed by atoms with Gasteiger partial charge in [-0.3, -0.25) is 9.59 Å². The average molecular weight is 463 g/mol. The summed E-state index contributed by atoms with van der Waals surface area (Å²) in [6, 6.07) is 22.6. The molecule has 0 saturated heterocycles. The smallest absolute Gasteiger partial charge is 0.261 e. The predicted molar refractivity (Wildman–Crippen MR) is 131 cm³/mol. The predicted octanol–water partition coefficient (Wildman–Crippen LogP) is 4.68. The van der Waals surface area contributed by atoms with Crippen LogP contribution in [0.1, 0.15) is 30.0 Å². The summed E-state index contributed by atoms with van der Waals surface area (Å²) in [4.78, 5) is 28.2. The number of aryl methyl sites for hydroxylation is 1. The molecule has 178 valence electrons. The highest BCUT2D eigenvalue weighted by Gasteiger charge is 2.31. The van der Waals surface area contributed by atoms with Gasteiger partial charge in [0.1, 0.15) is 6.04 Å². The van der Waals surface area contributed by atoms with E-state index < -0.39 is 11.9 Å². The molecule has 5 nitrogen and oxygen atoms in total. The number of hydrogen-bond donors (Lipinski definition) is 1. The summed E-state index contributed by atoms with van der Waals surface area (Å²) in [5.74, 6) is -1.15. The first kappa shape index (κ1) is 25.0. The summed E-state index contributed by atoms with van der Waals surface area (Å²) < 4.78 is 19.6.